The molecular weight excluding hydrogens is 196 g/mol. The lowest BCUT2D eigenvalue weighted by Crippen LogP contribution is -2.05. The molecule has 78 valence electrons. The van der Waals surface area contributed by atoms with E-state index in [1.165, 1.54) is 0 Å². The third kappa shape index (κ3) is 2.10. The summed E-state index contributed by atoms with van der Waals surface area (Å²) in [5, 5.41) is 16.3. The van der Waals surface area contributed by atoms with Crippen molar-refractivity contribution in [3.8, 4) is 0 Å². The number of rotatable bonds is 3. The van der Waals surface area contributed by atoms with Gasteiger partial charge in [0.25, 0.3) is 0 Å². The molecule has 0 fully saturated rings. The van der Waals surface area contributed by atoms with Gasteiger partial charge < -0.3 is 16.8 Å². The Bertz CT molecular complexity index is 436. The van der Waals surface area contributed by atoms with Crippen molar-refractivity contribution >= 4 is 17.3 Å². The second kappa shape index (κ2) is 3.78. The fraction of sp³-hybridized carbons (Fsp3) is 0.143. The van der Waals surface area contributed by atoms with Gasteiger partial charge in [0.15, 0.2) is 5.82 Å². The largest absolute Gasteiger partial charge is 0.396 e. The molecule has 0 saturated heterocycles. The Morgan fingerprint density at radius 1 is 1.33 bits per heavy atom. The van der Waals surface area contributed by atoms with Crippen molar-refractivity contribution in [2.75, 3.05) is 16.8 Å². The lowest BCUT2D eigenvalue weighted by Gasteiger charge is -2.04. The second-order valence-electron chi connectivity index (χ2n) is 2.85. The zero-order chi connectivity index (χ0) is 10.7. The van der Waals surface area contributed by atoms with Crippen LogP contribution in [0.25, 0.3) is 0 Å². The number of nitrogen functional groups attached to an aromatic ring is 2. The molecule has 8 nitrogen and oxygen atoms in total. The van der Waals surface area contributed by atoms with Crippen LogP contribution in [-0.4, -0.2) is 25.6 Å². The number of anilines is 3. The van der Waals surface area contributed by atoms with E-state index in [0.29, 0.717) is 29.7 Å². The van der Waals surface area contributed by atoms with E-state index in [1.54, 1.807) is 12.1 Å². The molecule has 0 aliphatic rings. The molecule has 0 aromatic carbocycles. The molecule has 8 heteroatoms. The van der Waals surface area contributed by atoms with Crippen LogP contribution in [-0.2, 0) is 6.54 Å². The predicted molar refractivity (Wildman–Crippen MR) is 54.6 cm³/mol. The molecule has 15 heavy (non-hydrogen) atoms. The number of aromatic nitrogens is 5. The summed E-state index contributed by atoms with van der Waals surface area (Å²) in [6.07, 6.45) is 0. The SMILES string of the molecule is Nc1ccc(NCc2nn[nH]n2)nc1N. The second-order valence-corrected chi connectivity index (χ2v) is 2.85. The van der Waals surface area contributed by atoms with Crippen molar-refractivity contribution < 1.29 is 0 Å². The molecule has 0 aliphatic carbocycles. The number of aromatic amines is 1. The van der Waals surface area contributed by atoms with Gasteiger partial charge in [0, 0.05) is 0 Å². The summed E-state index contributed by atoms with van der Waals surface area (Å²) >= 11 is 0. The number of H-pyrrole nitrogens is 1. The van der Waals surface area contributed by atoms with Crippen molar-refractivity contribution in [1.29, 1.82) is 0 Å². The zero-order valence-corrected chi connectivity index (χ0v) is 7.81. The average molecular weight is 206 g/mol. The number of hydrogen-bond donors (Lipinski definition) is 4. The smallest absolute Gasteiger partial charge is 0.193 e. The van der Waals surface area contributed by atoms with Gasteiger partial charge in [-0.25, -0.2) is 4.98 Å². The standard InChI is InChI=1S/C7H10N8/c8-4-1-2-5(11-7(4)9)10-3-6-12-14-15-13-6/h1-2H,3,8H2,(H3,9,10,11)(H,12,13,14,15). The molecule has 0 radical (unpaired) electrons. The maximum absolute atomic E-state index is 5.54. The summed E-state index contributed by atoms with van der Waals surface area (Å²) in [5.41, 5.74) is 11.5. The predicted octanol–water partition coefficient (Wildman–Crippen LogP) is -0.629. The van der Waals surface area contributed by atoms with Gasteiger partial charge in [-0.3, -0.25) is 0 Å². The Hall–Kier alpha value is -2.38. The maximum Gasteiger partial charge on any atom is 0.193 e. The van der Waals surface area contributed by atoms with Gasteiger partial charge in [-0.15, -0.1) is 10.2 Å². The van der Waals surface area contributed by atoms with E-state index in [2.05, 4.69) is 30.9 Å². The zero-order valence-electron chi connectivity index (χ0n) is 7.81. The highest BCUT2D eigenvalue weighted by atomic mass is 15.5. The topological polar surface area (TPSA) is 131 Å². The lowest BCUT2D eigenvalue weighted by atomic mass is 10.4. The quantitative estimate of drug-likeness (QED) is 0.525. The van der Waals surface area contributed by atoms with Gasteiger partial charge in [-0.1, -0.05) is 5.21 Å². The fourth-order valence-corrected chi connectivity index (χ4v) is 1.01. The van der Waals surface area contributed by atoms with E-state index in [0.717, 1.165) is 0 Å². The molecular formula is C7H10N8. The van der Waals surface area contributed by atoms with Gasteiger partial charge in [0.2, 0.25) is 0 Å². The normalized spacial score (nSPS) is 10.1. The molecule has 2 aromatic heterocycles. The molecule has 2 rings (SSSR count). The van der Waals surface area contributed by atoms with Crippen LogP contribution < -0.4 is 16.8 Å². The third-order valence-corrected chi connectivity index (χ3v) is 1.77. The van der Waals surface area contributed by atoms with Gasteiger partial charge >= 0.3 is 0 Å². The summed E-state index contributed by atoms with van der Waals surface area (Å²) in [7, 11) is 0. The van der Waals surface area contributed by atoms with Gasteiger partial charge in [0.05, 0.1) is 12.2 Å². The molecule has 2 aromatic rings. The van der Waals surface area contributed by atoms with Crippen LogP contribution >= 0.6 is 0 Å². The van der Waals surface area contributed by atoms with Crippen molar-refractivity contribution in [2.45, 2.75) is 6.54 Å². The van der Waals surface area contributed by atoms with Crippen LogP contribution in [0.5, 0.6) is 0 Å². The number of nitrogens with zero attached hydrogens (tertiary/aromatic N) is 4. The van der Waals surface area contributed by atoms with Crippen LogP contribution in [0.1, 0.15) is 5.82 Å². The number of hydrogen-bond acceptors (Lipinski definition) is 7. The van der Waals surface area contributed by atoms with E-state index >= 15 is 0 Å². The number of pyridine rings is 1. The highest BCUT2D eigenvalue weighted by molar-refractivity contribution is 5.61. The van der Waals surface area contributed by atoms with Crippen molar-refractivity contribution in [3.63, 3.8) is 0 Å². The van der Waals surface area contributed by atoms with E-state index in [-0.39, 0.29) is 0 Å². The number of nitrogens with two attached hydrogens (primary N) is 2. The van der Waals surface area contributed by atoms with Crippen molar-refractivity contribution in [2.24, 2.45) is 0 Å². The first kappa shape index (κ1) is 9.19. The minimum absolute atomic E-state index is 0.299. The summed E-state index contributed by atoms with van der Waals surface area (Å²) in [6.45, 7) is 0.423. The first-order valence-corrected chi connectivity index (χ1v) is 4.24. The Morgan fingerprint density at radius 3 is 2.87 bits per heavy atom. The van der Waals surface area contributed by atoms with E-state index in [1.807, 2.05) is 0 Å². The van der Waals surface area contributed by atoms with E-state index in [4.69, 9.17) is 11.5 Å². The molecule has 0 atom stereocenters. The average Bonchev–Trinajstić information content (AvgIpc) is 2.73. The molecule has 0 unspecified atom stereocenters. The third-order valence-electron chi connectivity index (χ3n) is 1.77. The van der Waals surface area contributed by atoms with E-state index in [9.17, 15) is 0 Å². The molecule has 0 bridgehead atoms. The first-order valence-electron chi connectivity index (χ1n) is 4.24. The van der Waals surface area contributed by atoms with Crippen molar-refractivity contribution in [1.82, 2.24) is 25.6 Å². The summed E-state index contributed by atoms with van der Waals surface area (Å²) < 4.78 is 0. The Labute approximate surface area is 85.1 Å². The number of nitrogens with one attached hydrogen (secondary N) is 2. The van der Waals surface area contributed by atoms with Crippen molar-refractivity contribution in [3.05, 3.63) is 18.0 Å². The number of tetrazole rings is 1. The fourth-order valence-electron chi connectivity index (χ4n) is 1.01. The van der Waals surface area contributed by atoms with Gasteiger partial charge in [-0.05, 0) is 12.1 Å². The molecule has 0 aliphatic heterocycles. The molecule has 0 saturated carbocycles. The Balaban J connectivity index is 2.02. The Morgan fingerprint density at radius 2 is 2.20 bits per heavy atom. The molecule has 0 spiro atoms. The van der Waals surface area contributed by atoms with Crippen LogP contribution in [0.2, 0.25) is 0 Å². The van der Waals surface area contributed by atoms with Crippen LogP contribution in [0, 0.1) is 0 Å². The van der Waals surface area contributed by atoms with Crippen LogP contribution in [0.4, 0.5) is 17.3 Å². The van der Waals surface area contributed by atoms with E-state index < -0.39 is 0 Å². The molecule has 0 amide bonds. The summed E-state index contributed by atoms with van der Waals surface area (Å²) in [6, 6.07) is 3.41. The minimum Gasteiger partial charge on any atom is -0.396 e. The lowest BCUT2D eigenvalue weighted by molar-refractivity contribution is 0.881. The highest BCUT2D eigenvalue weighted by Crippen LogP contribution is 2.14. The minimum atomic E-state index is 0.299. The monoisotopic (exact) mass is 206 g/mol. The first-order chi connectivity index (χ1) is 7.25. The molecule has 6 N–H and O–H groups in total. The summed E-state index contributed by atoms with van der Waals surface area (Å²) in [5.74, 6) is 1.46. The van der Waals surface area contributed by atoms with Crippen LogP contribution in [0.15, 0.2) is 12.1 Å². The van der Waals surface area contributed by atoms with Gasteiger partial charge in [-0.2, -0.15) is 5.21 Å². The maximum atomic E-state index is 5.54. The molecule has 2 heterocycles. The van der Waals surface area contributed by atoms with Gasteiger partial charge in [0.1, 0.15) is 11.6 Å². The Kier molecular flexibility index (Phi) is 2.31. The highest BCUT2D eigenvalue weighted by Gasteiger charge is 2.01. The summed E-state index contributed by atoms with van der Waals surface area (Å²) in [4.78, 5) is 4.03. The van der Waals surface area contributed by atoms with Crippen LogP contribution in [0.3, 0.4) is 0 Å².